The van der Waals surface area contributed by atoms with Crippen LogP contribution < -0.4 is 5.32 Å². The molecule has 0 aliphatic carbocycles. The summed E-state index contributed by atoms with van der Waals surface area (Å²) in [6.07, 6.45) is 9.20. The van der Waals surface area contributed by atoms with E-state index in [2.05, 4.69) is 46.1 Å². The van der Waals surface area contributed by atoms with E-state index in [0.717, 1.165) is 0 Å². The highest BCUT2D eigenvalue weighted by atomic mass is 15.1. The highest BCUT2D eigenvalue weighted by Gasteiger charge is 2.34. The number of nitrogens with one attached hydrogen (secondary N) is 1. The zero-order chi connectivity index (χ0) is 13.5. The van der Waals surface area contributed by atoms with Gasteiger partial charge in [-0.1, -0.05) is 29.8 Å². The topological polar surface area (TPSA) is 29.9 Å². The van der Waals surface area contributed by atoms with Crippen molar-refractivity contribution in [2.45, 2.75) is 50.7 Å². The van der Waals surface area contributed by atoms with Gasteiger partial charge in [0.2, 0.25) is 0 Å². The fourth-order valence-electron chi connectivity index (χ4n) is 3.80. The summed E-state index contributed by atoms with van der Waals surface area (Å²) in [5, 5.41) is 3.72. The summed E-state index contributed by atoms with van der Waals surface area (Å²) in [5.74, 6) is 0. The van der Waals surface area contributed by atoms with Crippen LogP contribution in [0.2, 0.25) is 0 Å². The fourth-order valence-corrected chi connectivity index (χ4v) is 3.80. The van der Waals surface area contributed by atoms with Gasteiger partial charge in [-0.3, -0.25) is 0 Å². The van der Waals surface area contributed by atoms with Crippen LogP contribution in [0, 0.1) is 6.92 Å². The number of imidazole rings is 1. The van der Waals surface area contributed by atoms with Crippen molar-refractivity contribution in [3.8, 4) is 11.3 Å². The van der Waals surface area contributed by atoms with E-state index in [-0.39, 0.29) is 0 Å². The van der Waals surface area contributed by atoms with E-state index in [1.807, 2.05) is 12.5 Å². The molecule has 3 heterocycles. The second-order valence-corrected chi connectivity index (χ2v) is 6.32. The quantitative estimate of drug-likeness (QED) is 0.904. The molecule has 2 fully saturated rings. The molecule has 2 atom stereocenters. The Labute approximate surface area is 120 Å². The Balaban J connectivity index is 1.66. The normalized spacial score (nSPS) is 28.8. The monoisotopic (exact) mass is 267 g/mol. The van der Waals surface area contributed by atoms with Crippen LogP contribution in [-0.2, 0) is 0 Å². The van der Waals surface area contributed by atoms with E-state index >= 15 is 0 Å². The molecule has 1 N–H and O–H groups in total. The van der Waals surface area contributed by atoms with Crippen LogP contribution in [0.1, 0.15) is 37.3 Å². The number of rotatable bonds is 2. The SMILES string of the molecule is Cc1ccc(-c2cncn2C2CC3CCC(C2)N3)cc1. The molecule has 0 amide bonds. The first-order valence-corrected chi connectivity index (χ1v) is 7.64. The summed E-state index contributed by atoms with van der Waals surface area (Å²) in [6, 6.07) is 10.8. The third kappa shape index (κ3) is 2.06. The summed E-state index contributed by atoms with van der Waals surface area (Å²) in [5.41, 5.74) is 3.84. The zero-order valence-electron chi connectivity index (χ0n) is 11.9. The van der Waals surface area contributed by atoms with Gasteiger partial charge in [0.1, 0.15) is 0 Å². The zero-order valence-corrected chi connectivity index (χ0v) is 11.9. The molecule has 0 saturated carbocycles. The highest BCUT2D eigenvalue weighted by Crippen LogP contribution is 2.36. The smallest absolute Gasteiger partial charge is 0.0953 e. The Hall–Kier alpha value is -1.61. The lowest BCUT2D eigenvalue weighted by Crippen LogP contribution is -2.38. The van der Waals surface area contributed by atoms with Gasteiger partial charge in [-0.25, -0.2) is 4.98 Å². The molecule has 3 heteroatoms. The Morgan fingerprint density at radius 3 is 2.50 bits per heavy atom. The molecular formula is C17H21N3. The summed E-state index contributed by atoms with van der Waals surface area (Å²) in [7, 11) is 0. The Kier molecular flexibility index (Phi) is 2.88. The summed E-state index contributed by atoms with van der Waals surface area (Å²) >= 11 is 0. The van der Waals surface area contributed by atoms with Crippen LogP contribution in [0.15, 0.2) is 36.8 Å². The van der Waals surface area contributed by atoms with Crippen molar-refractivity contribution in [3.63, 3.8) is 0 Å². The van der Waals surface area contributed by atoms with E-state index < -0.39 is 0 Å². The molecule has 2 aromatic rings. The van der Waals surface area contributed by atoms with Gasteiger partial charge < -0.3 is 9.88 Å². The minimum atomic E-state index is 0.604. The van der Waals surface area contributed by atoms with Crippen LogP contribution in [0.5, 0.6) is 0 Å². The van der Waals surface area contributed by atoms with Crippen LogP contribution in [0.25, 0.3) is 11.3 Å². The van der Waals surface area contributed by atoms with E-state index in [1.165, 1.54) is 42.5 Å². The van der Waals surface area contributed by atoms with Crippen molar-refractivity contribution in [1.82, 2.24) is 14.9 Å². The molecule has 2 saturated heterocycles. The van der Waals surface area contributed by atoms with Crippen molar-refractivity contribution in [2.75, 3.05) is 0 Å². The second kappa shape index (κ2) is 4.74. The molecule has 1 aromatic carbocycles. The lowest BCUT2D eigenvalue weighted by atomic mass is 9.99. The molecule has 2 bridgehead atoms. The fraction of sp³-hybridized carbons (Fsp3) is 0.471. The van der Waals surface area contributed by atoms with Crippen LogP contribution in [0.3, 0.4) is 0 Å². The first kappa shape index (κ1) is 12.2. The van der Waals surface area contributed by atoms with E-state index in [1.54, 1.807) is 0 Å². The van der Waals surface area contributed by atoms with Gasteiger partial charge in [-0.05, 0) is 38.2 Å². The van der Waals surface area contributed by atoms with Gasteiger partial charge >= 0.3 is 0 Å². The Morgan fingerprint density at radius 2 is 1.80 bits per heavy atom. The molecule has 20 heavy (non-hydrogen) atoms. The number of aryl methyl sites for hydroxylation is 1. The minimum Gasteiger partial charge on any atom is -0.327 e. The standard InChI is InChI=1S/C17H21N3/c1-12-2-4-13(5-3-12)17-10-18-11-20(17)16-8-14-6-7-15(9-16)19-14/h2-5,10-11,14-16,19H,6-9H2,1H3. The number of hydrogen-bond acceptors (Lipinski definition) is 2. The first-order chi connectivity index (χ1) is 9.79. The van der Waals surface area contributed by atoms with Gasteiger partial charge in [-0.15, -0.1) is 0 Å². The van der Waals surface area contributed by atoms with Gasteiger partial charge in [0.25, 0.3) is 0 Å². The van der Waals surface area contributed by atoms with Gasteiger partial charge in [0, 0.05) is 18.1 Å². The number of benzene rings is 1. The molecule has 3 nitrogen and oxygen atoms in total. The van der Waals surface area contributed by atoms with Crippen molar-refractivity contribution in [3.05, 3.63) is 42.4 Å². The predicted molar refractivity (Wildman–Crippen MR) is 80.6 cm³/mol. The first-order valence-electron chi connectivity index (χ1n) is 7.64. The molecule has 2 aliphatic heterocycles. The minimum absolute atomic E-state index is 0.604. The van der Waals surface area contributed by atoms with Crippen LogP contribution in [0.4, 0.5) is 0 Å². The lowest BCUT2D eigenvalue weighted by molar-refractivity contribution is 0.300. The molecule has 1 aromatic heterocycles. The van der Waals surface area contributed by atoms with E-state index in [9.17, 15) is 0 Å². The van der Waals surface area contributed by atoms with Crippen molar-refractivity contribution < 1.29 is 0 Å². The third-order valence-electron chi connectivity index (χ3n) is 4.85. The number of fused-ring (bicyclic) bond motifs is 2. The van der Waals surface area contributed by atoms with Gasteiger partial charge in [-0.2, -0.15) is 0 Å². The van der Waals surface area contributed by atoms with Crippen LogP contribution >= 0.6 is 0 Å². The number of hydrogen-bond donors (Lipinski definition) is 1. The molecule has 2 aliphatic rings. The summed E-state index contributed by atoms with van der Waals surface area (Å²) in [6.45, 7) is 2.13. The molecule has 104 valence electrons. The lowest BCUT2D eigenvalue weighted by Gasteiger charge is -2.31. The molecule has 2 unspecified atom stereocenters. The molecule has 4 rings (SSSR count). The maximum Gasteiger partial charge on any atom is 0.0953 e. The van der Waals surface area contributed by atoms with Crippen molar-refractivity contribution in [1.29, 1.82) is 0 Å². The largest absolute Gasteiger partial charge is 0.327 e. The van der Waals surface area contributed by atoms with Gasteiger partial charge in [0.05, 0.1) is 18.2 Å². The highest BCUT2D eigenvalue weighted by molar-refractivity contribution is 5.59. The average Bonchev–Trinajstić information content (AvgIpc) is 3.07. The van der Waals surface area contributed by atoms with E-state index in [4.69, 9.17) is 0 Å². The van der Waals surface area contributed by atoms with Gasteiger partial charge in [0.15, 0.2) is 0 Å². The van der Waals surface area contributed by atoms with E-state index in [0.29, 0.717) is 18.1 Å². The van der Waals surface area contributed by atoms with Crippen molar-refractivity contribution >= 4 is 0 Å². The Morgan fingerprint density at radius 1 is 1.10 bits per heavy atom. The second-order valence-electron chi connectivity index (χ2n) is 6.32. The third-order valence-corrected chi connectivity index (χ3v) is 4.85. The maximum atomic E-state index is 4.41. The molecule has 0 radical (unpaired) electrons. The van der Waals surface area contributed by atoms with Crippen LogP contribution in [-0.4, -0.2) is 21.6 Å². The number of nitrogens with zero attached hydrogens (tertiary/aromatic N) is 2. The van der Waals surface area contributed by atoms with Crippen molar-refractivity contribution in [2.24, 2.45) is 0 Å². The molecular weight excluding hydrogens is 246 g/mol. The molecule has 0 spiro atoms. The predicted octanol–water partition coefficient (Wildman–Crippen LogP) is 3.31. The maximum absolute atomic E-state index is 4.41. The summed E-state index contributed by atoms with van der Waals surface area (Å²) < 4.78 is 2.40. The Bertz CT molecular complexity index is 587. The number of aromatic nitrogens is 2. The average molecular weight is 267 g/mol. The summed E-state index contributed by atoms with van der Waals surface area (Å²) in [4.78, 5) is 4.41. The number of piperidine rings is 1.